The summed E-state index contributed by atoms with van der Waals surface area (Å²) < 4.78 is 5.15. The fourth-order valence-corrected chi connectivity index (χ4v) is 8.28. The van der Waals surface area contributed by atoms with Crippen LogP contribution < -0.4 is 38.8 Å². The Balaban J connectivity index is 0.839. The summed E-state index contributed by atoms with van der Waals surface area (Å²) in [5, 5.41) is 21.4. The van der Waals surface area contributed by atoms with Crippen LogP contribution in [0.5, 0.6) is 0 Å². The standard InChI is InChI=1S/C40H42N14O11S2/c41-25-3-1-2-24-30(25)37(61)53(35(24)59)27-9-11-29(56)54(36(27)60)40(64)65-13-15-67-66-14-12-44-16-23(52-43)19-46-28(55)10-8-26(38(62)63)49-33(57)20-4-6-21(7-5-20)45-17-22-18-47-32-31(48-22)34(58)51-39(42)50-32/h1-7,16,18,26-27,45H,8-15,17,19,41,43H2,(H,46,55)(H,49,57)(H,62,63)(H3,42,47,50,51,58)/t26-,27?/m0/s1. The number of nitrogens with two attached hydrogens (primary N) is 3. The van der Waals surface area contributed by atoms with Gasteiger partial charge in [-0.05, 0) is 49.2 Å². The first-order valence-corrected chi connectivity index (χ1v) is 22.6. The molecule has 2 aromatic carbocycles. The number of likely N-dealkylation sites (tertiary alicyclic amines) is 1. The molecular weight excluding hydrogens is 917 g/mol. The van der Waals surface area contributed by atoms with E-state index in [1.165, 1.54) is 64.3 Å². The minimum absolute atomic E-state index is 0.0261. The van der Waals surface area contributed by atoms with Crippen LogP contribution in [-0.2, 0) is 30.5 Å². The van der Waals surface area contributed by atoms with Gasteiger partial charge in [-0.3, -0.25) is 48.4 Å². The van der Waals surface area contributed by atoms with E-state index in [0.29, 0.717) is 28.6 Å². The van der Waals surface area contributed by atoms with Crippen molar-refractivity contribution < 1.29 is 48.2 Å². The highest BCUT2D eigenvalue weighted by Gasteiger charge is 2.49. The number of hydrazone groups is 1. The molecule has 0 aliphatic carbocycles. The predicted molar refractivity (Wildman–Crippen MR) is 245 cm³/mol. The number of hydrogen-bond acceptors (Lipinski definition) is 21. The number of fused-ring (bicyclic) bond motifs is 2. The number of aromatic amines is 1. The number of aliphatic imine (C=N–C) groups is 1. The maximum Gasteiger partial charge on any atom is 0.423 e. The highest BCUT2D eigenvalue weighted by Crippen LogP contribution is 2.32. The fourth-order valence-electron chi connectivity index (χ4n) is 6.58. The number of amides is 7. The zero-order chi connectivity index (χ0) is 48.2. The molecule has 2 atom stereocenters. The molecule has 1 unspecified atom stereocenters. The first-order chi connectivity index (χ1) is 32.2. The van der Waals surface area contributed by atoms with Crippen LogP contribution in [0.15, 0.2) is 63.5 Å². The van der Waals surface area contributed by atoms with E-state index in [0.717, 1.165) is 4.90 Å². The molecule has 27 heteroatoms. The molecule has 6 rings (SSSR count). The summed E-state index contributed by atoms with van der Waals surface area (Å²) in [6.07, 6.45) is 0.693. The number of benzene rings is 2. The zero-order valence-electron chi connectivity index (χ0n) is 35.1. The van der Waals surface area contributed by atoms with E-state index in [9.17, 15) is 48.3 Å². The number of carboxylic acids is 1. The molecule has 2 aliphatic rings. The number of carbonyl (C=O) groups is 8. The number of anilines is 3. The summed E-state index contributed by atoms with van der Waals surface area (Å²) in [5.74, 6) is 0.214. The van der Waals surface area contributed by atoms with Crippen molar-refractivity contribution in [2.45, 2.75) is 44.3 Å². The minimum atomic E-state index is -1.38. The van der Waals surface area contributed by atoms with E-state index < -0.39 is 65.1 Å². The largest absolute Gasteiger partial charge is 0.480 e. The molecular formula is C40H42N14O11S2. The van der Waals surface area contributed by atoms with E-state index >= 15 is 0 Å². The third-order valence-corrected chi connectivity index (χ3v) is 12.2. The molecule has 0 spiro atoms. The highest BCUT2D eigenvalue weighted by molar-refractivity contribution is 8.76. The lowest BCUT2D eigenvalue weighted by molar-refractivity contribution is -0.149. The number of H-pyrrole nitrogens is 1. The number of nitrogen functional groups attached to an aromatic ring is 2. The van der Waals surface area contributed by atoms with Gasteiger partial charge in [0.15, 0.2) is 11.2 Å². The van der Waals surface area contributed by atoms with Crippen LogP contribution in [0.3, 0.4) is 0 Å². The van der Waals surface area contributed by atoms with Crippen molar-refractivity contribution in [3.63, 3.8) is 0 Å². The summed E-state index contributed by atoms with van der Waals surface area (Å²) >= 11 is 0. The number of carboxylic acid groups (broad SMARTS) is 1. The van der Waals surface area contributed by atoms with Gasteiger partial charge in [-0.2, -0.15) is 15.0 Å². The Morgan fingerprint density at radius 3 is 2.51 bits per heavy atom. The van der Waals surface area contributed by atoms with Crippen LogP contribution in [0.1, 0.15) is 62.5 Å². The maximum absolute atomic E-state index is 13.2. The van der Waals surface area contributed by atoms with Gasteiger partial charge in [-0.25, -0.2) is 19.6 Å². The number of piperidine rings is 1. The van der Waals surface area contributed by atoms with Crippen LogP contribution in [0, 0.1) is 0 Å². The van der Waals surface area contributed by atoms with Crippen LogP contribution in [0.25, 0.3) is 11.2 Å². The third kappa shape index (κ3) is 12.0. The van der Waals surface area contributed by atoms with Crippen LogP contribution in [0.4, 0.5) is 22.1 Å². The average molecular weight is 959 g/mol. The Morgan fingerprint density at radius 2 is 1.78 bits per heavy atom. The van der Waals surface area contributed by atoms with Crippen LogP contribution in [0.2, 0.25) is 0 Å². The van der Waals surface area contributed by atoms with Gasteiger partial charge in [0.1, 0.15) is 18.7 Å². The van der Waals surface area contributed by atoms with E-state index in [1.807, 2.05) is 0 Å². The second kappa shape index (κ2) is 22.3. The van der Waals surface area contributed by atoms with Gasteiger partial charge < -0.3 is 43.1 Å². The number of nitrogens with zero attached hydrogens (tertiary/aromatic N) is 7. The lowest BCUT2D eigenvalue weighted by atomic mass is 10.0. The van der Waals surface area contributed by atoms with E-state index in [-0.39, 0.29) is 96.3 Å². The minimum Gasteiger partial charge on any atom is -0.480 e. The molecule has 0 radical (unpaired) electrons. The van der Waals surface area contributed by atoms with Crippen LogP contribution >= 0.6 is 21.6 Å². The van der Waals surface area contributed by atoms with Gasteiger partial charge >= 0.3 is 12.1 Å². The highest BCUT2D eigenvalue weighted by atomic mass is 33.1. The Labute approximate surface area is 386 Å². The maximum atomic E-state index is 13.2. The Kier molecular flexibility index (Phi) is 16.2. The number of hydrogen-bond donors (Lipinski definition) is 8. The number of imide groups is 4. The second-order valence-electron chi connectivity index (χ2n) is 14.4. The fraction of sp³-hybridized carbons (Fsp3) is 0.300. The monoisotopic (exact) mass is 958 g/mol. The normalized spacial score (nSPS) is 15.5. The number of rotatable bonds is 20. The van der Waals surface area contributed by atoms with Gasteiger partial charge in [0, 0.05) is 54.0 Å². The number of ether oxygens (including phenoxy) is 1. The number of carbonyl (C=O) groups excluding carboxylic acids is 7. The van der Waals surface area contributed by atoms with Gasteiger partial charge in [0.2, 0.25) is 17.8 Å². The molecule has 2 aliphatic heterocycles. The summed E-state index contributed by atoms with van der Waals surface area (Å²) in [6.45, 7) is 0.228. The number of aromatic nitrogens is 4. The molecule has 67 heavy (non-hydrogen) atoms. The van der Waals surface area contributed by atoms with Crippen molar-refractivity contribution in [2.75, 3.05) is 48.0 Å². The molecule has 2 aromatic heterocycles. The first-order valence-electron chi connectivity index (χ1n) is 20.1. The molecule has 0 saturated carbocycles. The quantitative estimate of drug-likeness (QED) is 0.0112. The van der Waals surface area contributed by atoms with Gasteiger partial charge in [-0.1, -0.05) is 27.7 Å². The second-order valence-corrected chi connectivity index (χ2v) is 17.1. The summed E-state index contributed by atoms with van der Waals surface area (Å²) in [4.78, 5) is 134. The van der Waals surface area contributed by atoms with Crippen molar-refractivity contribution in [2.24, 2.45) is 15.9 Å². The van der Waals surface area contributed by atoms with Crippen molar-refractivity contribution in [1.82, 2.24) is 40.4 Å². The Bertz CT molecular complexity index is 2730. The van der Waals surface area contributed by atoms with E-state index in [2.05, 4.69) is 46.0 Å². The molecule has 4 aromatic rings. The van der Waals surface area contributed by atoms with Crippen molar-refractivity contribution in [3.8, 4) is 0 Å². The first kappa shape index (κ1) is 48.5. The van der Waals surface area contributed by atoms with Gasteiger partial charge in [-0.15, -0.1) is 0 Å². The molecule has 11 N–H and O–H groups in total. The predicted octanol–water partition coefficient (Wildman–Crippen LogP) is 0.286. The number of nitrogens with one attached hydrogen (secondary N) is 4. The van der Waals surface area contributed by atoms with Crippen molar-refractivity contribution >= 4 is 110 Å². The average Bonchev–Trinajstić information content (AvgIpc) is 3.56. The lowest BCUT2D eigenvalue weighted by Gasteiger charge is -2.32. The van der Waals surface area contributed by atoms with Crippen molar-refractivity contribution in [3.05, 3.63) is 81.4 Å². The van der Waals surface area contributed by atoms with Gasteiger partial charge in [0.05, 0.1) is 41.8 Å². The van der Waals surface area contributed by atoms with Gasteiger partial charge in [0.25, 0.3) is 29.2 Å². The van der Waals surface area contributed by atoms with Crippen LogP contribution in [-0.4, -0.2) is 138 Å². The smallest absolute Gasteiger partial charge is 0.423 e. The molecule has 1 fully saturated rings. The SMILES string of the molecule is NN=C(C=NCCSSCCOC(=O)N1C(=O)CCC(N2C(=O)c3cccc(N)c3C2=O)C1=O)CNC(=O)CC[C@H](NC(=O)c1ccc(NCc2cnc3nc(N)[nH]c(=O)c3n2)cc1)C(=O)O. The Morgan fingerprint density at radius 1 is 1.01 bits per heavy atom. The number of aliphatic carboxylic acids is 1. The summed E-state index contributed by atoms with van der Waals surface area (Å²) in [5.41, 5.74) is 12.5. The van der Waals surface area contributed by atoms with Crippen molar-refractivity contribution in [1.29, 1.82) is 0 Å². The van der Waals surface area contributed by atoms with E-state index in [1.54, 1.807) is 12.1 Å². The molecule has 0 bridgehead atoms. The summed E-state index contributed by atoms with van der Waals surface area (Å²) in [6, 6.07) is 7.74. The molecule has 4 heterocycles. The zero-order valence-corrected chi connectivity index (χ0v) is 36.8. The molecule has 25 nitrogen and oxygen atoms in total. The third-order valence-electron chi connectivity index (χ3n) is 9.88. The molecule has 1 saturated heterocycles. The summed E-state index contributed by atoms with van der Waals surface area (Å²) in [7, 11) is 2.70. The molecule has 350 valence electrons. The molecule has 7 amide bonds. The topological polar surface area (TPSA) is 383 Å². The lowest BCUT2D eigenvalue weighted by Crippen LogP contribution is -2.57. The Hall–Kier alpha value is -7.94. The van der Waals surface area contributed by atoms with E-state index in [4.69, 9.17) is 22.0 Å².